The Morgan fingerprint density at radius 2 is 2.00 bits per heavy atom. The lowest BCUT2D eigenvalue weighted by molar-refractivity contribution is -0.0501. The van der Waals surface area contributed by atoms with Gasteiger partial charge in [-0.2, -0.15) is 13.9 Å². The third kappa shape index (κ3) is 3.86. The molecule has 3 rings (SSSR count). The number of hydrogen-bond acceptors (Lipinski definition) is 5. The van der Waals surface area contributed by atoms with Crippen molar-refractivity contribution in [2.24, 2.45) is 5.73 Å². The van der Waals surface area contributed by atoms with Gasteiger partial charge in [0.2, 0.25) is 0 Å². The molecule has 1 aromatic carbocycles. The van der Waals surface area contributed by atoms with Gasteiger partial charge >= 0.3 is 6.61 Å². The number of pyridine rings is 1. The Hall–Kier alpha value is -3.20. The number of alkyl halides is 2. The standard InChI is InChI=1S/C20H21F2N3O4/c1-20(2,10-26)12-4-5-14-13(8-24-25(14)9-12)11-6-15(28-3)17(18(23)27)16(7-11)29-19(21)22/h4-9,19,26H,10H2,1-3H3,(H2,23,27). The number of nitrogens with zero attached hydrogens (tertiary/aromatic N) is 2. The summed E-state index contributed by atoms with van der Waals surface area (Å²) in [5.41, 5.74) is 7.25. The molecular weight excluding hydrogens is 384 g/mol. The van der Waals surface area contributed by atoms with Crippen LogP contribution in [0.15, 0.2) is 36.7 Å². The summed E-state index contributed by atoms with van der Waals surface area (Å²) >= 11 is 0. The fraction of sp³-hybridized carbons (Fsp3) is 0.300. The molecule has 0 spiro atoms. The van der Waals surface area contributed by atoms with E-state index < -0.39 is 17.9 Å². The van der Waals surface area contributed by atoms with Crippen LogP contribution in [0.1, 0.15) is 29.8 Å². The van der Waals surface area contributed by atoms with E-state index >= 15 is 0 Å². The van der Waals surface area contributed by atoms with E-state index in [0.717, 1.165) is 5.56 Å². The summed E-state index contributed by atoms with van der Waals surface area (Å²) in [4.78, 5) is 11.7. The van der Waals surface area contributed by atoms with E-state index in [0.29, 0.717) is 16.6 Å². The minimum atomic E-state index is -3.14. The molecule has 29 heavy (non-hydrogen) atoms. The van der Waals surface area contributed by atoms with Crippen molar-refractivity contribution in [3.05, 3.63) is 47.8 Å². The normalized spacial score (nSPS) is 11.8. The molecule has 0 aliphatic rings. The maximum atomic E-state index is 12.9. The molecule has 9 heteroatoms. The van der Waals surface area contributed by atoms with Crippen LogP contribution < -0.4 is 15.2 Å². The molecule has 0 bridgehead atoms. The first-order valence-corrected chi connectivity index (χ1v) is 8.73. The lowest BCUT2D eigenvalue weighted by Crippen LogP contribution is -2.22. The van der Waals surface area contributed by atoms with E-state index in [9.17, 15) is 18.7 Å². The van der Waals surface area contributed by atoms with Crippen molar-refractivity contribution in [1.82, 2.24) is 9.61 Å². The molecule has 1 amide bonds. The topological polar surface area (TPSA) is 99.1 Å². The number of amides is 1. The summed E-state index contributed by atoms with van der Waals surface area (Å²) in [5, 5.41) is 13.9. The molecule has 0 aliphatic heterocycles. The molecule has 0 aliphatic carbocycles. The molecule has 154 valence electrons. The molecule has 7 nitrogen and oxygen atoms in total. The molecule has 3 N–H and O–H groups in total. The van der Waals surface area contributed by atoms with Crippen LogP contribution in [-0.4, -0.2) is 41.0 Å². The van der Waals surface area contributed by atoms with Crippen molar-refractivity contribution in [1.29, 1.82) is 0 Å². The highest BCUT2D eigenvalue weighted by Gasteiger charge is 2.23. The highest BCUT2D eigenvalue weighted by molar-refractivity contribution is 6.00. The zero-order valence-electron chi connectivity index (χ0n) is 16.1. The summed E-state index contributed by atoms with van der Waals surface area (Å²) < 4.78 is 37.0. The zero-order chi connectivity index (χ0) is 21.3. The van der Waals surface area contributed by atoms with Crippen molar-refractivity contribution in [2.75, 3.05) is 13.7 Å². The average Bonchev–Trinajstić information content (AvgIpc) is 3.09. The van der Waals surface area contributed by atoms with Gasteiger partial charge in [0, 0.05) is 17.2 Å². The largest absolute Gasteiger partial charge is 0.496 e. The summed E-state index contributed by atoms with van der Waals surface area (Å²) in [5.74, 6) is -1.30. The number of carbonyl (C=O) groups excluding carboxylic acids is 1. The number of benzene rings is 1. The van der Waals surface area contributed by atoms with Crippen molar-refractivity contribution in [3.8, 4) is 22.6 Å². The van der Waals surface area contributed by atoms with Gasteiger partial charge in [0.15, 0.2) is 0 Å². The lowest BCUT2D eigenvalue weighted by Gasteiger charge is -2.22. The first-order valence-electron chi connectivity index (χ1n) is 8.73. The third-order valence-electron chi connectivity index (χ3n) is 4.75. The van der Waals surface area contributed by atoms with E-state index in [-0.39, 0.29) is 23.7 Å². The number of aliphatic hydroxyl groups is 1. The van der Waals surface area contributed by atoms with Crippen LogP contribution in [0.5, 0.6) is 11.5 Å². The van der Waals surface area contributed by atoms with Gasteiger partial charge in [0.1, 0.15) is 17.1 Å². The molecule has 2 aromatic heterocycles. The molecule has 3 aromatic rings. The maximum Gasteiger partial charge on any atom is 0.387 e. The van der Waals surface area contributed by atoms with Gasteiger partial charge < -0.3 is 20.3 Å². The van der Waals surface area contributed by atoms with Crippen molar-refractivity contribution in [2.45, 2.75) is 25.9 Å². The van der Waals surface area contributed by atoms with E-state index in [1.54, 1.807) is 16.9 Å². The monoisotopic (exact) mass is 405 g/mol. The van der Waals surface area contributed by atoms with E-state index in [4.69, 9.17) is 10.5 Å². The summed E-state index contributed by atoms with van der Waals surface area (Å²) in [6.07, 6.45) is 3.36. The Morgan fingerprint density at radius 3 is 2.59 bits per heavy atom. The average molecular weight is 405 g/mol. The smallest absolute Gasteiger partial charge is 0.387 e. The lowest BCUT2D eigenvalue weighted by atomic mass is 9.87. The van der Waals surface area contributed by atoms with Gasteiger partial charge in [-0.1, -0.05) is 19.9 Å². The van der Waals surface area contributed by atoms with E-state index in [2.05, 4.69) is 9.84 Å². The Kier molecular flexibility index (Phi) is 5.43. The molecule has 2 heterocycles. The number of methoxy groups -OCH3 is 1. The second kappa shape index (κ2) is 7.67. The molecule has 0 atom stereocenters. The summed E-state index contributed by atoms with van der Waals surface area (Å²) in [6, 6.07) is 6.50. The number of fused-ring (bicyclic) bond motifs is 1. The first-order chi connectivity index (χ1) is 13.7. The Balaban J connectivity index is 2.17. The van der Waals surface area contributed by atoms with Gasteiger partial charge in [-0.25, -0.2) is 4.52 Å². The van der Waals surface area contributed by atoms with Gasteiger partial charge in [-0.05, 0) is 29.3 Å². The number of aromatic nitrogens is 2. The minimum Gasteiger partial charge on any atom is -0.496 e. The van der Waals surface area contributed by atoms with E-state index in [1.807, 2.05) is 26.0 Å². The van der Waals surface area contributed by atoms with Gasteiger partial charge in [-0.15, -0.1) is 0 Å². The number of ether oxygens (including phenoxy) is 2. The zero-order valence-corrected chi connectivity index (χ0v) is 16.1. The van der Waals surface area contributed by atoms with Crippen molar-refractivity contribution in [3.63, 3.8) is 0 Å². The van der Waals surface area contributed by atoms with Crippen LogP contribution >= 0.6 is 0 Å². The second-order valence-corrected chi connectivity index (χ2v) is 7.14. The molecule has 0 unspecified atom stereocenters. The van der Waals surface area contributed by atoms with Gasteiger partial charge in [0.25, 0.3) is 5.91 Å². The number of primary amides is 1. The predicted octanol–water partition coefficient (Wildman–Crippen LogP) is 2.98. The van der Waals surface area contributed by atoms with Crippen LogP contribution in [0.25, 0.3) is 16.6 Å². The SMILES string of the molecule is COc1cc(-c2cnn3cc(C(C)(C)CO)ccc23)cc(OC(F)F)c1C(N)=O. The maximum absolute atomic E-state index is 12.9. The van der Waals surface area contributed by atoms with Crippen LogP contribution in [0, 0.1) is 0 Å². The molecular formula is C20H21F2N3O4. The molecule has 0 saturated heterocycles. The minimum absolute atomic E-state index is 0.0167. The van der Waals surface area contributed by atoms with Crippen molar-refractivity contribution >= 4 is 11.4 Å². The van der Waals surface area contributed by atoms with Crippen LogP contribution in [0.2, 0.25) is 0 Å². The summed E-state index contributed by atoms with van der Waals surface area (Å²) in [6.45, 7) is 0.632. The van der Waals surface area contributed by atoms with Gasteiger partial charge in [-0.3, -0.25) is 4.79 Å². The van der Waals surface area contributed by atoms with Gasteiger partial charge in [0.05, 0.1) is 25.4 Å². The summed E-state index contributed by atoms with van der Waals surface area (Å²) in [7, 11) is 1.30. The highest BCUT2D eigenvalue weighted by Crippen LogP contribution is 2.37. The van der Waals surface area contributed by atoms with Crippen LogP contribution in [0.4, 0.5) is 8.78 Å². The number of aliphatic hydroxyl groups excluding tert-OH is 1. The fourth-order valence-corrected chi connectivity index (χ4v) is 3.04. The fourth-order valence-electron chi connectivity index (χ4n) is 3.04. The highest BCUT2D eigenvalue weighted by atomic mass is 19.3. The molecule has 0 saturated carbocycles. The molecule has 0 fully saturated rings. The number of halogens is 2. The van der Waals surface area contributed by atoms with Crippen LogP contribution in [-0.2, 0) is 5.41 Å². The van der Waals surface area contributed by atoms with E-state index in [1.165, 1.54) is 19.2 Å². The Labute approximate surface area is 165 Å². The van der Waals surface area contributed by atoms with Crippen molar-refractivity contribution < 1.29 is 28.2 Å². The number of carbonyl (C=O) groups is 1. The quantitative estimate of drug-likeness (QED) is 0.630. The molecule has 0 radical (unpaired) electrons. The number of hydrogen-bond donors (Lipinski definition) is 2. The third-order valence-corrected chi connectivity index (χ3v) is 4.75. The first kappa shape index (κ1) is 20.5. The number of rotatable bonds is 7. The van der Waals surface area contributed by atoms with Crippen LogP contribution in [0.3, 0.4) is 0 Å². The Bertz CT molecular complexity index is 1060. The predicted molar refractivity (Wildman–Crippen MR) is 102 cm³/mol. The second-order valence-electron chi connectivity index (χ2n) is 7.14. The number of nitrogens with two attached hydrogens (primary N) is 1. The Morgan fingerprint density at radius 1 is 1.31 bits per heavy atom.